The Balaban J connectivity index is 0.00000249. The summed E-state index contributed by atoms with van der Waals surface area (Å²) in [7, 11) is 3.41. The Kier molecular flexibility index (Phi) is 11.4. The summed E-state index contributed by atoms with van der Waals surface area (Å²) >= 11 is 0. The van der Waals surface area contributed by atoms with Gasteiger partial charge in [0.2, 0.25) is 17.8 Å². The SMILES string of the molecule is CNC(=O)COc1cc2cc(Nc3nc(N4CCC(CN5CCN(c6cccc7c(C8CCC(=O)NC8=O)nn(C)c67)C[C@@H]5C)CC4)ncc3F)cnc2n(C(C)C)c1=O.[HH].[HH].[HH]. The van der Waals surface area contributed by atoms with Gasteiger partial charge in [-0.05, 0) is 64.2 Å². The lowest BCUT2D eigenvalue weighted by molar-refractivity contribution is -0.134. The molecule has 3 saturated heterocycles. The van der Waals surface area contributed by atoms with Crippen LogP contribution in [-0.2, 0) is 21.4 Å². The van der Waals surface area contributed by atoms with Crippen LogP contribution < -0.4 is 36.0 Å². The van der Waals surface area contributed by atoms with E-state index >= 15 is 4.39 Å². The molecule has 5 aromatic rings. The van der Waals surface area contributed by atoms with E-state index in [1.54, 1.807) is 6.07 Å². The zero-order chi connectivity index (χ0) is 42.2. The second-order valence-electron chi connectivity index (χ2n) is 16.3. The maximum absolute atomic E-state index is 15.2. The van der Waals surface area contributed by atoms with Crippen LogP contribution in [-0.4, -0.2) is 111 Å². The van der Waals surface area contributed by atoms with Crippen LogP contribution in [0, 0.1) is 11.7 Å². The van der Waals surface area contributed by atoms with Crippen LogP contribution in [0.1, 0.15) is 68.4 Å². The Morgan fingerprint density at radius 1 is 1.05 bits per heavy atom. The van der Waals surface area contributed by atoms with Crippen molar-refractivity contribution in [3.05, 3.63) is 64.6 Å². The number of hydrogen-bond acceptors (Lipinski definition) is 13. The van der Waals surface area contributed by atoms with Crippen LogP contribution in [0.4, 0.5) is 27.5 Å². The third-order valence-electron chi connectivity index (χ3n) is 11.9. The minimum absolute atomic E-state index is 0. The molecule has 0 spiro atoms. The lowest BCUT2D eigenvalue weighted by atomic mass is 9.92. The average Bonchev–Trinajstić information content (AvgIpc) is 3.57. The van der Waals surface area contributed by atoms with E-state index in [1.165, 1.54) is 30.1 Å². The predicted molar refractivity (Wildman–Crippen MR) is 232 cm³/mol. The number of nitrogens with one attached hydrogen (secondary N) is 3. The number of fused-ring (bicyclic) bond motifs is 2. The summed E-state index contributed by atoms with van der Waals surface area (Å²) in [5, 5.41) is 14.3. The number of benzene rings is 1. The van der Waals surface area contributed by atoms with Crippen molar-refractivity contribution in [3.63, 3.8) is 0 Å². The Bertz CT molecular complexity index is 2530. The van der Waals surface area contributed by atoms with Gasteiger partial charge in [-0.1, -0.05) is 12.1 Å². The zero-order valence-electron chi connectivity index (χ0n) is 34.6. The summed E-state index contributed by atoms with van der Waals surface area (Å²) in [6.45, 7) is 10.8. The Labute approximate surface area is 350 Å². The van der Waals surface area contributed by atoms with Crippen LogP contribution in [0.2, 0.25) is 0 Å². The molecule has 2 atom stereocenters. The molecule has 3 amide bonds. The van der Waals surface area contributed by atoms with Gasteiger partial charge >= 0.3 is 0 Å². The summed E-state index contributed by atoms with van der Waals surface area (Å²) in [4.78, 5) is 70.1. The minimum atomic E-state index is -0.613. The summed E-state index contributed by atoms with van der Waals surface area (Å²) in [5.41, 5.74) is 3.31. The predicted octanol–water partition coefficient (Wildman–Crippen LogP) is 4.35. The fourth-order valence-corrected chi connectivity index (χ4v) is 8.74. The molecule has 8 rings (SSSR count). The highest BCUT2D eigenvalue weighted by Gasteiger charge is 2.34. The normalized spacial score (nSPS) is 19.3. The summed E-state index contributed by atoms with van der Waals surface area (Å²) in [5.74, 6) is -0.993. The average molecular weight is 829 g/mol. The zero-order valence-corrected chi connectivity index (χ0v) is 34.6. The van der Waals surface area contributed by atoms with E-state index in [-0.39, 0.29) is 46.2 Å². The van der Waals surface area contributed by atoms with Gasteiger partial charge in [-0.25, -0.2) is 14.4 Å². The van der Waals surface area contributed by atoms with E-state index in [1.807, 2.05) is 37.7 Å². The first-order valence-electron chi connectivity index (χ1n) is 20.6. The Morgan fingerprint density at radius 2 is 1.85 bits per heavy atom. The lowest BCUT2D eigenvalue weighted by Crippen LogP contribution is -2.54. The largest absolute Gasteiger partial charge is 0.478 e. The number of likely N-dealkylation sites (N-methyl/N-ethyl adjacent to an activating group) is 1. The van der Waals surface area contributed by atoms with E-state index in [0.29, 0.717) is 47.5 Å². The smallest absolute Gasteiger partial charge is 0.294 e. The molecule has 0 bridgehead atoms. The number of halogens is 1. The summed E-state index contributed by atoms with van der Waals surface area (Å²) in [6, 6.07) is 9.52. The monoisotopic (exact) mass is 828 g/mol. The van der Waals surface area contributed by atoms with Crippen molar-refractivity contribution in [1.29, 1.82) is 0 Å². The number of amides is 3. The number of anilines is 4. The fraction of sp³-hybridized carbons (Fsp3) is 0.476. The molecule has 1 aromatic carbocycles. The highest BCUT2D eigenvalue weighted by Crippen LogP contribution is 2.36. The van der Waals surface area contributed by atoms with Gasteiger partial charge in [0.1, 0.15) is 5.65 Å². The van der Waals surface area contributed by atoms with Gasteiger partial charge in [0.15, 0.2) is 24.0 Å². The highest BCUT2D eigenvalue weighted by atomic mass is 19.1. The van der Waals surface area contributed by atoms with Crippen molar-refractivity contribution in [1.82, 2.24) is 44.8 Å². The lowest BCUT2D eigenvalue weighted by Gasteiger charge is -2.43. The number of nitrogens with zero attached hydrogens (tertiary/aromatic N) is 9. The molecule has 0 saturated carbocycles. The standard InChI is InChI=1S/C42H51FN12O5.3H2/c1-24(2)55-39-27(18-33(41(55)59)60-23-35(57)44-4)17-28(19-45-39)47-38-31(43)20-46-42(49-38)52-13-11-26(12-14-52)22-53-15-16-54(21-25(53)3)32-8-6-7-29-36(50-51(5)37(29)32)30-9-10-34(56)48-40(30)58;;;/h6-8,17-20,24-26,30H,9-16,21-23H2,1-5H3,(H,44,57)(H,46,47,49)(H,48,56,58);3*1H/t25-,30?;;;/m0.../s1. The van der Waals surface area contributed by atoms with E-state index in [4.69, 9.17) is 9.84 Å². The quantitative estimate of drug-likeness (QED) is 0.160. The molecular weight excluding hydrogens is 772 g/mol. The molecule has 0 radical (unpaired) electrons. The highest BCUT2D eigenvalue weighted by molar-refractivity contribution is 6.03. The number of aryl methyl sites for hydroxylation is 1. The van der Waals surface area contributed by atoms with E-state index in [0.717, 1.165) is 74.4 Å². The first kappa shape index (κ1) is 40.6. The number of para-hydroxylation sites is 1. The van der Waals surface area contributed by atoms with Crippen molar-refractivity contribution in [2.75, 3.05) is 68.0 Å². The molecule has 1 unspecified atom stereocenters. The number of rotatable bonds is 11. The number of carbonyl (C=O) groups excluding carboxylic acids is 3. The fourth-order valence-electron chi connectivity index (χ4n) is 8.74. The first-order valence-corrected chi connectivity index (χ1v) is 20.6. The van der Waals surface area contributed by atoms with Crippen molar-refractivity contribution >= 4 is 62.8 Å². The van der Waals surface area contributed by atoms with E-state index in [2.05, 4.69) is 58.6 Å². The maximum atomic E-state index is 15.2. The summed E-state index contributed by atoms with van der Waals surface area (Å²) in [6.07, 6.45) is 5.37. The number of carbonyl (C=O) groups is 3. The minimum Gasteiger partial charge on any atom is -0.478 e. The Morgan fingerprint density at radius 3 is 2.58 bits per heavy atom. The number of ether oxygens (including phenoxy) is 1. The van der Waals surface area contributed by atoms with Crippen molar-refractivity contribution < 1.29 is 27.8 Å². The van der Waals surface area contributed by atoms with Crippen molar-refractivity contribution in [2.24, 2.45) is 13.0 Å². The van der Waals surface area contributed by atoms with Crippen LogP contribution in [0.3, 0.4) is 0 Å². The number of aromatic nitrogens is 6. The van der Waals surface area contributed by atoms with Gasteiger partial charge in [0.25, 0.3) is 11.5 Å². The van der Waals surface area contributed by atoms with Gasteiger partial charge in [0.05, 0.1) is 40.9 Å². The molecule has 60 heavy (non-hydrogen) atoms. The molecule has 3 N–H and O–H groups in total. The molecule has 3 aliphatic rings. The molecule has 4 aromatic heterocycles. The molecule has 322 valence electrons. The maximum Gasteiger partial charge on any atom is 0.294 e. The Hall–Kier alpha value is -6.17. The van der Waals surface area contributed by atoms with Gasteiger partial charge in [-0.15, -0.1) is 0 Å². The number of imide groups is 1. The number of pyridine rings is 2. The molecule has 3 fully saturated rings. The van der Waals surface area contributed by atoms with Gasteiger partial charge in [-0.2, -0.15) is 10.1 Å². The van der Waals surface area contributed by atoms with Crippen molar-refractivity contribution in [2.45, 2.75) is 64.5 Å². The van der Waals surface area contributed by atoms with Gasteiger partial charge in [-0.3, -0.25) is 38.6 Å². The molecule has 7 heterocycles. The number of piperidine rings is 2. The number of hydrogen-bond donors (Lipinski definition) is 3. The summed E-state index contributed by atoms with van der Waals surface area (Å²) < 4.78 is 24.1. The van der Waals surface area contributed by atoms with E-state index < -0.39 is 17.3 Å². The molecule has 18 heteroatoms. The third kappa shape index (κ3) is 8.07. The second-order valence-corrected chi connectivity index (χ2v) is 16.3. The van der Waals surface area contributed by atoms with Crippen LogP contribution in [0.25, 0.3) is 21.9 Å². The number of piperazine rings is 1. The van der Waals surface area contributed by atoms with Crippen LogP contribution >= 0.6 is 0 Å². The second kappa shape index (κ2) is 16.8. The van der Waals surface area contributed by atoms with Crippen LogP contribution in [0.15, 0.2) is 47.5 Å². The molecular formula is C42H57FN12O5. The third-order valence-corrected chi connectivity index (χ3v) is 11.9. The van der Waals surface area contributed by atoms with Gasteiger partial charge in [0, 0.05) is 86.9 Å². The van der Waals surface area contributed by atoms with E-state index in [9.17, 15) is 19.2 Å². The van der Waals surface area contributed by atoms with Crippen LogP contribution in [0.5, 0.6) is 5.75 Å². The topological polar surface area (TPSA) is 185 Å². The molecule has 0 aliphatic carbocycles. The van der Waals surface area contributed by atoms with Crippen molar-refractivity contribution in [3.8, 4) is 5.75 Å². The first-order chi connectivity index (χ1) is 28.9. The molecule has 17 nitrogen and oxygen atoms in total. The molecule has 3 aliphatic heterocycles. The van der Waals surface area contributed by atoms with Gasteiger partial charge < -0.3 is 25.2 Å².